The minimum atomic E-state index is -1.08. The molecule has 0 saturated carbocycles. The Hall–Kier alpha value is 0.409. The zero-order valence-corrected chi connectivity index (χ0v) is 6.18. The molecule has 0 aromatic rings. The summed E-state index contributed by atoms with van der Waals surface area (Å²) in [5.41, 5.74) is 0. The first-order chi connectivity index (χ1) is 1.73. The van der Waals surface area contributed by atoms with Crippen molar-refractivity contribution in [3.8, 4) is 0 Å². The minimum Gasteiger partial charge on any atom is -1.00 e. The van der Waals surface area contributed by atoms with Crippen molar-refractivity contribution in [2.75, 3.05) is 0 Å². The molecule has 0 aromatic carbocycles. The molecule has 0 N–H and O–H groups in total. The van der Waals surface area contributed by atoms with Crippen LogP contribution in [0.1, 0.15) is 6.92 Å². The number of hydrogen-bond donors (Lipinski definition) is 0. The number of carboxylic acid groups (broad SMARTS) is 1. The van der Waals surface area contributed by atoms with Crippen LogP contribution in [0.4, 0.5) is 0 Å². The van der Waals surface area contributed by atoms with Crippen LogP contribution in [0.3, 0.4) is 0 Å². The van der Waals surface area contributed by atoms with Crippen LogP contribution in [0.15, 0.2) is 0 Å². The van der Waals surface area contributed by atoms with Crippen LogP contribution >= 0.6 is 0 Å². The molecule has 1 radical (unpaired) electrons. The van der Waals surface area contributed by atoms with Gasteiger partial charge >= 0.3 is 0 Å². The Morgan fingerprint density at radius 3 is 1.67 bits per heavy atom. The zero-order valence-electron chi connectivity index (χ0n) is 3.03. The van der Waals surface area contributed by atoms with Crippen LogP contribution in [-0.2, 0) is 24.9 Å². The molecule has 4 heteroatoms. The molecule has 0 amide bonds. The predicted octanol–water partition coefficient (Wildman–Crippen LogP) is -4.24. The second-order valence-electron chi connectivity index (χ2n) is 0.492. The summed E-state index contributed by atoms with van der Waals surface area (Å²) < 4.78 is 0. The first-order valence-corrected chi connectivity index (χ1v) is 0.908. The average Bonchev–Trinajstić information content (AvgIpc) is 0.811. The maximum atomic E-state index is 8.89. The van der Waals surface area contributed by atoms with Gasteiger partial charge in [-0.3, -0.25) is 0 Å². The molecule has 6 heavy (non-hydrogen) atoms. The molecule has 0 unspecified atom stereocenters. The molecule has 0 aliphatic heterocycles. The van der Waals surface area contributed by atoms with E-state index in [9.17, 15) is 0 Å². The molecule has 0 atom stereocenters. The van der Waals surface area contributed by atoms with Gasteiger partial charge in [-0.2, -0.15) is 0 Å². The summed E-state index contributed by atoms with van der Waals surface area (Å²) >= 11 is 0. The summed E-state index contributed by atoms with van der Waals surface area (Å²) in [5, 5.41) is 8.89. The van der Waals surface area contributed by atoms with Gasteiger partial charge in [-0.1, -0.05) is 0 Å². The van der Waals surface area contributed by atoms with Gasteiger partial charge in [-0.15, -0.1) is 0 Å². The first kappa shape index (κ1) is 16.1. The van der Waals surface area contributed by atoms with Gasteiger partial charge in [0.15, 0.2) is 0 Å². The molecule has 0 aliphatic carbocycles. The maximum Gasteiger partial charge on any atom is 0.0383 e. The van der Waals surface area contributed by atoms with Crippen molar-refractivity contribution in [1.29, 1.82) is 0 Å². The van der Waals surface area contributed by atoms with Crippen molar-refractivity contribution in [2.45, 2.75) is 6.92 Å². The monoisotopic (exact) mass is 287 g/mol. The number of carbonyl (C=O) groups excluding carboxylic acids is 1. The summed E-state index contributed by atoms with van der Waals surface area (Å²) in [4.78, 5) is 8.89. The van der Waals surface area contributed by atoms with E-state index in [1.165, 1.54) is 0 Å². The Morgan fingerprint density at radius 1 is 1.67 bits per heavy atom. The van der Waals surface area contributed by atoms with E-state index >= 15 is 0 Å². The van der Waals surface area contributed by atoms with E-state index in [2.05, 4.69) is 0 Å². The molecule has 0 fully saturated rings. The smallest absolute Gasteiger partial charge is 0.0383 e. The molecule has 0 rings (SSSR count). The zero-order chi connectivity index (χ0) is 3.58. The average molecular weight is 287 g/mol. The predicted molar refractivity (Wildman–Crippen MR) is 10.7 cm³/mol. The van der Waals surface area contributed by atoms with E-state index in [1.54, 1.807) is 0 Å². The van der Waals surface area contributed by atoms with Crippen molar-refractivity contribution >= 4 is 5.97 Å². The third-order valence-electron chi connectivity index (χ3n) is 0. The number of carbonyl (C=O) groups is 1. The van der Waals surface area contributed by atoms with Crippen molar-refractivity contribution in [3.63, 3.8) is 0 Å². The molecule has 0 aliphatic rings. The van der Waals surface area contributed by atoms with Gasteiger partial charge in [-0.25, -0.2) is 0 Å². The van der Waals surface area contributed by atoms with E-state index in [1.807, 2.05) is 0 Å². The number of aliphatic carboxylic acids is 1. The van der Waals surface area contributed by atoms with Gasteiger partial charge in [0, 0.05) is 26.1 Å². The minimum absolute atomic E-state index is 0. The van der Waals surface area contributed by atoms with E-state index < -0.39 is 5.97 Å². The topological polar surface area (TPSA) is 40.1 Å². The Balaban J connectivity index is -0.0000000450. The molecular formula is C2H3ClIrO2-2. The third-order valence-corrected chi connectivity index (χ3v) is 0. The Labute approximate surface area is 55.7 Å². The van der Waals surface area contributed by atoms with E-state index in [-0.39, 0.29) is 32.5 Å². The van der Waals surface area contributed by atoms with Crippen LogP contribution in [0.25, 0.3) is 0 Å². The van der Waals surface area contributed by atoms with Crippen molar-refractivity contribution < 1.29 is 42.4 Å². The molecule has 41 valence electrons. The van der Waals surface area contributed by atoms with Crippen LogP contribution < -0.4 is 17.5 Å². The standard InChI is InChI=1S/C2H4O2.ClH.Ir/c1-2(3)4;;/h1H3,(H,3,4);1H;/p-2. The fourth-order valence-corrected chi connectivity index (χ4v) is 0. The van der Waals surface area contributed by atoms with Crippen LogP contribution in [-0.4, -0.2) is 5.97 Å². The van der Waals surface area contributed by atoms with E-state index in [0.29, 0.717) is 0 Å². The second kappa shape index (κ2) is 9.05. The van der Waals surface area contributed by atoms with Crippen LogP contribution in [0.2, 0.25) is 0 Å². The second-order valence-corrected chi connectivity index (χ2v) is 0.492. The number of hydrogen-bond acceptors (Lipinski definition) is 2. The third kappa shape index (κ3) is 306. The number of rotatable bonds is 0. The number of carboxylic acids is 1. The van der Waals surface area contributed by atoms with Crippen LogP contribution in [0.5, 0.6) is 0 Å². The van der Waals surface area contributed by atoms with Gasteiger partial charge < -0.3 is 22.3 Å². The summed E-state index contributed by atoms with van der Waals surface area (Å²) in [5.74, 6) is -1.08. The van der Waals surface area contributed by atoms with Crippen molar-refractivity contribution in [2.24, 2.45) is 0 Å². The normalized spacial score (nSPS) is 4.17. The van der Waals surface area contributed by atoms with Crippen molar-refractivity contribution in [3.05, 3.63) is 0 Å². The molecule has 0 bridgehead atoms. The van der Waals surface area contributed by atoms with E-state index in [4.69, 9.17) is 9.90 Å². The largest absolute Gasteiger partial charge is 1.00 e. The maximum absolute atomic E-state index is 8.89. The molecule has 0 spiro atoms. The molecule has 0 saturated heterocycles. The Bertz CT molecular complexity index is 34.5. The summed E-state index contributed by atoms with van der Waals surface area (Å²) in [6.45, 7) is 0.972. The Kier molecular flexibility index (Phi) is 24.3. The van der Waals surface area contributed by atoms with E-state index in [0.717, 1.165) is 6.92 Å². The molecule has 0 aromatic heterocycles. The summed E-state index contributed by atoms with van der Waals surface area (Å²) in [6, 6.07) is 0. The molecular weight excluding hydrogens is 284 g/mol. The molecule has 0 heterocycles. The molecule has 2 nitrogen and oxygen atoms in total. The van der Waals surface area contributed by atoms with Crippen molar-refractivity contribution in [1.82, 2.24) is 0 Å². The fourth-order valence-electron chi connectivity index (χ4n) is 0. The van der Waals surface area contributed by atoms with Gasteiger partial charge in [0.25, 0.3) is 0 Å². The first-order valence-electron chi connectivity index (χ1n) is 0.908. The van der Waals surface area contributed by atoms with Crippen LogP contribution in [0, 0.1) is 0 Å². The quantitative estimate of drug-likeness (QED) is 0.453. The van der Waals surface area contributed by atoms with Gasteiger partial charge in [-0.05, 0) is 6.92 Å². The Morgan fingerprint density at radius 2 is 1.67 bits per heavy atom. The summed E-state index contributed by atoms with van der Waals surface area (Å²) in [7, 11) is 0. The van der Waals surface area contributed by atoms with Gasteiger partial charge in [0.1, 0.15) is 0 Å². The SMILES string of the molecule is CC(=O)[O-].[Cl-].[Ir]. The summed E-state index contributed by atoms with van der Waals surface area (Å²) in [6.07, 6.45) is 0. The van der Waals surface area contributed by atoms with Gasteiger partial charge in [0.05, 0.1) is 0 Å². The van der Waals surface area contributed by atoms with Gasteiger partial charge in [0.2, 0.25) is 0 Å². The number of halogens is 1. The fraction of sp³-hybridized carbons (Fsp3) is 0.500.